The van der Waals surface area contributed by atoms with Crippen LogP contribution in [0.2, 0.25) is 0 Å². The number of nitrogens with zero attached hydrogens (tertiary/aromatic N) is 3. The van der Waals surface area contributed by atoms with Gasteiger partial charge in [0.1, 0.15) is 5.69 Å². The summed E-state index contributed by atoms with van der Waals surface area (Å²) in [5.41, 5.74) is 6.52. The topological polar surface area (TPSA) is 66.0 Å². The Balaban J connectivity index is 2.25. The van der Waals surface area contributed by atoms with Crippen molar-refractivity contribution in [2.45, 2.75) is 25.9 Å². The van der Waals surface area contributed by atoms with Crippen LogP contribution in [0.5, 0.6) is 5.75 Å². The highest BCUT2D eigenvalue weighted by atomic mass is 19.1. The number of nitrogens with two attached hydrogens (primary N) is 1. The van der Waals surface area contributed by atoms with Gasteiger partial charge < -0.3 is 10.5 Å². The minimum absolute atomic E-state index is 0.219. The molecule has 0 aliphatic heterocycles. The number of rotatable bonds is 4. The van der Waals surface area contributed by atoms with E-state index in [-0.39, 0.29) is 18.1 Å². The van der Waals surface area contributed by atoms with Gasteiger partial charge in [-0.1, -0.05) is 17.3 Å². The van der Waals surface area contributed by atoms with Crippen molar-refractivity contribution in [2.24, 2.45) is 5.73 Å². The van der Waals surface area contributed by atoms with E-state index in [2.05, 4.69) is 10.3 Å². The third-order valence-corrected chi connectivity index (χ3v) is 2.79. The maximum Gasteiger partial charge on any atom is 0.170 e. The molecule has 19 heavy (non-hydrogen) atoms. The molecule has 0 bridgehead atoms. The van der Waals surface area contributed by atoms with Crippen molar-refractivity contribution in [3.63, 3.8) is 0 Å². The molecule has 2 aromatic rings. The third kappa shape index (κ3) is 2.90. The molecule has 1 aromatic heterocycles. The quantitative estimate of drug-likeness (QED) is 0.912. The van der Waals surface area contributed by atoms with E-state index in [0.717, 1.165) is 0 Å². The summed E-state index contributed by atoms with van der Waals surface area (Å²) in [5, 5.41) is 7.94. The molecule has 0 spiro atoms. The van der Waals surface area contributed by atoms with Gasteiger partial charge in [-0.05, 0) is 19.9 Å². The molecule has 0 saturated carbocycles. The molecular weight excluding hydrogens is 247 g/mol. The number of aromatic nitrogens is 3. The van der Waals surface area contributed by atoms with Crippen LogP contribution in [0.25, 0.3) is 0 Å². The van der Waals surface area contributed by atoms with Crippen molar-refractivity contribution in [1.82, 2.24) is 15.0 Å². The summed E-state index contributed by atoms with van der Waals surface area (Å²) < 4.78 is 20.5. The first-order chi connectivity index (χ1) is 8.91. The van der Waals surface area contributed by atoms with Crippen molar-refractivity contribution in [2.75, 3.05) is 7.11 Å². The molecule has 6 heteroatoms. The van der Waals surface area contributed by atoms with Crippen LogP contribution in [0.1, 0.15) is 25.1 Å². The predicted octanol–water partition coefficient (Wildman–Crippen LogP) is 1.67. The van der Waals surface area contributed by atoms with Gasteiger partial charge in [-0.2, -0.15) is 0 Å². The lowest BCUT2D eigenvalue weighted by molar-refractivity contribution is 0.383. The lowest BCUT2D eigenvalue weighted by Crippen LogP contribution is -2.29. The second-order valence-electron chi connectivity index (χ2n) is 4.96. The van der Waals surface area contributed by atoms with E-state index in [1.54, 1.807) is 29.1 Å². The molecule has 1 aromatic carbocycles. The highest BCUT2D eigenvalue weighted by Crippen LogP contribution is 2.21. The van der Waals surface area contributed by atoms with Crippen LogP contribution < -0.4 is 10.5 Å². The van der Waals surface area contributed by atoms with Crippen LogP contribution in [0.4, 0.5) is 4.39 Å². The van der Waals surface area contributed by atoms with Gasteiger partial charge in [0, 0.05) is 5.56 Å². The van der Waals surface area contributed by atoms with Gasteiger partial charge in [0.25, 0.3) is 0 Å². The number of hydrogen-bond acceptors (Lipinski definition) is 4. The van der Waals surface area contributed by atoms with Crippen molar-refractivity contribution in [3.05, 3.63) is 41.5 Å². The van der Waals surface area contributed by atoms with E-state index in [1.807, 2.05) is 13.8 Å². The van der Waals surface area contributed by atoms with Crippen molar-refractivity contribution >= 4 is 0 Å². The summed E-state index contributed by atoms with van der Waals surface area (Å²) in [5.74, 6) is -0.161. The first-order valence-electron chi connectivity index (χ1n) is 5.92. The first kappa shape index (κ1) is 13.5. The highest BCUT2D eigenvalue weighted by Gasteiger charge is 2.18. The number of hydrogen-bond donors (Lipinski definition) is 1. The van der Waals surface area contributed by atoms with Gasteiger partial charge >= 0.3 is 0 Å². The lowest BCUT2D eigenvalue weighted by atomic mass is 10.0. The fourth-order valence-corrected chi connectivity index (χ4v) is 1.68. The normalized spacial score (nSPS) is 11.6. The summed E-state index contributed by atoms with van der Waals surface area (Å²) >= 11 is 0. The standard InChI is InChI=1S/C13H17FN4O/c1-13(2,15)11-8-18(17-16-11)7-9-5-4-6-10(19-3)12(9)14/h4-6,8H,7,15H2,1-3H3. The molecule has 5 nitrogen and oxygen atoms in total. The Morgan fingerprint density at radius 3 is 2.74 bits per heavy atom. The van der Waals surface area contributed by atoms with Crippen LogP contribution in [-0.2, 0) is 12.1 Å². The van der Waals surface area contributed by atoms with E-state index < -0.39 is 5.54 Å². The van der Waals surface area contributed by atoms with E-state index in [4.69, 9.17) is 10.5 Å². The molecule has 2 N–H and O–H groups in total. The Kier molecular flexibility index (Phi) is 3.53. The fraction of sp³-hybridized carbons (Fsp3) is 0.385. The van der Waals surface area contributed by atoms with E-state index in [0.29, 0.717) is 11.3 Å². The van der Waals surface area contributed by atoms with E-state index in [1.165, 1.54) is 7.11 Å². The van der Waals surface area contributed by atoms with E-state index >= 15 is 0 Å². The van der Waals surface area contributed by atoms with Crippen LogP contribution in [0.15, 0.2) is 24.4 Å². The number of methoxy groups -OCH3 is 1. The number of ether oxygens (including phenoxy) is 1. The zero-order valence-corrected chi connectivity index (χ0v) is 11.2. The van der Waals surface area contributed by atoms with Gasteiger partial charge in [0.15, 0.2) is 11.6 Å². The Labute approximate surface area is 111 Å². The van der Waals surface area contributed by atoms with Gasteiger partial charge in [0.05, 0.1) is 25.4 Å². The van der Waals surface area contributed by atoms with Gasteiger partial charge in [-0.25, -0.2) is 9.07 Å². The van der Waals surface area contributed by atoms with Crippen molar-refractivity contribution < 1.29 is 9.13 Å². The van der Waals surface area contributed by atoms with E-state index in [9.17, 15) is 4.39 Å². The summed E-state index contributed by atoms with van der Waals surface area (Å²) in [6.07, 6.45) is 1.72. The SMILES string of the molecule is COc1cccc(Cn2cc(C(C)(C)N)nn2)c1F. The smallest absolute Gasteiger partial charge is 0.170 e. The summed E-state index contributed by atoms with van der Waals surface area (Å²) in [6.45, 7) is 3.97. The second-order valence-corrected chi connectivity index (χ2v) is 4.96. The van der Waals surface area contributed by atoms with Crippen LogP contribution in [0, 0.1) is 5.82 Å². The average molecular weight is 264 g/mol. The highest BCUT2D eigenvalue weighted by molar-refractivity contribution is 5.31. The predicted molar refractivity (Wildman–Crippen MR) is 69.3 cm³/mol. The monoisotopic (exact) mass is 264 g/mol. The maximum absolute atomic E-state index is 14.0. The zero-order chi connectivity index (χ0) is 14.0. The minimum atomic E-state index is -0.564. The molecule has 0 radical (unpaired) electrons. The Morgan fingerprint density at radius 2 is 2.16 bits per heavy atom. The zero-order valence-electron chi connectivity index (χ0n) is 11.2. The van der Waals surface area contributed by atoms with Gasteiger partial charge in [-0.15, -0.1) is 5.10 Å². The Hall–Kier alpha value is -1.95. The average Bonchev–Trinajstić information content (AvgIpc) is 2.80. The second kappa shape index (κ2) is 4.97. The molecule has 1 heterocycles. The number of halogens is 1. The van der Waals surface area contributed by atoms with Gasteiger partial charge in [-0.3, -0.25) is 0 Å². The molecule has 0 unspecified atom stereocenters. The first-order valence-corrected chi connectivity index (χ1v) is 5.92. The molecule has 102 valence electrons. The fourth-order valence-electron chi connectivity index (χ4n) is 1.68. The maximum atomic E-state index is 14.0. The third-order valence-electron chi connectivity index (χ3n) is 2.79. The van der Waals surface area contributed by atoms with Crippen LogP contribution in [-0.4, -0.2) is 22.1 Å². The summed E-state index contributed by atoms with van der Waals surface area (Å²) in [7, 11) is 1.44. The molecule has 0 amide bonds. The lowest BCUT2D eigenvalue weighted by Gasteiger charge is -2.13. The summed E-state index contributed by atoms with van der Waals surface area (Å²) in [6, 6.07) is 5.00. The molecule has 2 rings (SSSR count). The van der Waals surface area contributed by atoms with Crippen molar-refractivity contribution in [1.29, 1.82) is 0 Å². The molecule has 0 fully saturated rings. The number of benzene rings is 1. The Morgan fingerprint density at radius 1 is 1.42 bits per heavy atom. The molecule has 0 atom stereocenters. The molecule has 0 aliphatic rings. The van der Waals surface area contributed by atoms with Crippen molar-refractivity contribution in [3.8, 4) is 5.75 Å². The molecular formula is C13H17FN4O. The van der Waals surface area contributed by atoms with Crippen LogP contribution in [0.3, 0.4) is 0 Å². The molecule has 0 aliphatic carbocycles. The summed E-state index contributed by atoms with van der Waals surface area (Å²) in [4.78, 5) is 0. The largest absolute Gasteiger partial charge is 0.494 e. The van der Waals surface area contributed by atoms with Crippen LogP contribution >= 0.6 is 0 Å². The minimum Gasteiger partial charge on any atom is -0.494 e. The van der Waals surface area contributed by atoms with Gasteiger partial charge in [0.2, 0.25) is 0 Å². The Bertz CT molecular complexity index is 574. The molecule has 0 saturated heterocycles.